The molecule has 72 valence electrons. The molecule has 0 aliphatic heterocycles. The molecule has 0 fully saturated rings. The summed E-state index contributed by atoms with van der Waals surface area (Å²) in [5, 5.41) is 11.5. The summed E-state index contributed by atoms with van der Waals surface area (Å²) in [6.07, 6.45) is 2.01. The lowest BCUT2D eigenvalue weighted by molar-refractivity contribution is -0.140. The fraction of sp³-hybridized carbons (Fsp3) is 0.875. The summed E-state index contributed by atoms with van der Waals surface area (Å²) >= 11 is 0. The molecule has 0 aromatic rings. The molecule has 0 aromatic carbocycles. The van der Waals surface area contributed by atoms with Crippen LogP contribution in [0.25, 0.3) is 0 Å². The Bertz CT molecular complexity index is 117. The Morgan fingerprint density at radius 3 is 2.67 bits per heavy atom. The van der Waals surface area contributed by atoms with Crippen molar-refractivity contribution in [2.75, 3.05) is 26.8 Å². The lowest BCUT2D eigenvalue weighted by atomic mass is 10.3. The zero-order valence-electron chi connectivity index (χ0n) is 7.51. The van der Waals surface area contributed by atoms with Gasteiger partial charge in [-0.2, -0.15) is 0 Å². The van der Waals surface area contributed by atoms with Gasteiger partial charge in [0.05, 0.1) is 7.11 Å². The number of nitrogens with one attached hydrogen (secondary N) is 1. The van der Waals surface area contributed by atoms with E-state index in [9.17, 15) is 4.79 Å². The molecule has 0 atom stereocenters. The van der Waals surface area contributed by atoms with Gasteiger partial charge in [-0.3, -0.25) is 4.79 Å². The van der Waals surface area contributed by atoms with E-state index in [0.29, 0.717) is 6.42 Å². The van der Waals surface area contributed by atoms with Crippen molar-refractivity contribution in [2.24, 2.45) is 0 Å². The van der Waals surface area contributed by atoms with E-state index in [-0.39, 0.29) is 12.6 Å². The highest BCUT2D eigenvalue weighted by molar-refractivity contribution is 5.68. The number of methoxy groups -OCH3 is 1. The van der Waals surface area contributed by atoms with Crippen molar-refractivity contribution in [2.45, 2.75) is 19.3 Å². The highest BCUT2D eigenvalue weighted by Gasteiger charge is 1.97. The molecule has 0 saturated carbocycles. The summed E-state index contributed by atoms with van der Waals surface area (Å²) in [7, 11) is 1.39. The van der Waals surface area contributed by atoms with Crippen molar-refractivity contribution in [3.8, 4) is 0 Å². The van der Waals surface area contributed by atoms with Crippen LogP contribution < -0.4 is 5.32 Å². The van der Waals surface area contributed by atoms with Gasteiger partial charge in [-0.05, 0) is 25.9 Å². The van der Waals surface area contributed by atoms with Gasteiger partial charge in [0.15, 0.2) is 0 Å². The maximum atomic E-state index is 10.6. The van der Waals surface area contributed by atoms with E-state index in [1.165, 1.54) is 7.11 Å². The third-order valence-corrected chi connectivity index (χ3v) is 1.47. The molecule has 0 spiro atoms. The number of aliphatic hydroxyl groups is 1. The van der Waals surface area contributed by atoms with Gasteiger partial charge in [-0.25, -0.2) is 0 Å². The predicted octanol–water partition coefficient (Wildman–Crippen LogP) is -0.0884. The van der Waals surface area contributed by atoms with Gasteiger partial charge in [0.2, 0.25) is 0 Å². The van der Waals surface area contributed by atoms with Gasteiger partial charge in [0.25, 0.3) is 0 Å². The molecule has 0 radical (unpaired) electrons. The highest BCUT2D eigenvalue weighted by atomic mass is 16.5. The summed E-state index contributed by atoms with van der Waals surface area (Å²) in [5.74, 6) is -0.168. The van der Waals surface area contributed by atoms with Crippen LogP contribution in [0.15, 0.2) is 0 Å². The van der Waals surface area contributed by atoms with Gasteiger partial charge >= 0.3 is 5.97 Å². The van der Waals surface area contributed by atoms with Gasteiger partial charge in [-0.1, -0.05) is 0 Å². The van der Waals surface area contributed by atoms with E-state index in [4.69, 9.17) is 5.11 Å². The Morgan fingerprint density at radius 2 is 2.08 bits per heavy atom. The number of hydrogen-bond acceptors (Lipinski definition) is 4. The SMILES string of the molecule is COC(=O)CCCNCCCO. The molecule has 4 nitrogen and oxygen atoms in total. The standard InChI is InChI=1S/C8H17NO3/c1-12-8(11)4-2-5-9-6-3-7-10/h9-10H,2-7H2,1H3. The molecule has 0 amide bonds. The monoisotopic (exact) mass is 175 g/mol. The zero-order chi connectivity index (χ0) is 9.23. The van der Waals surface area contributed by atoms with Crippen LogP contribution in [-0.2, 0) is 9.53 Å². The summed E-state index contributed by atoms with van der Waals surface area (Å²) in [6, 6.07) is 0. The van der Waals surface area contributed by atoms with Crippen molar-refractivity contribution in [3.05, 3.63) is 0 Å². The van der Waals surface area contributed by atoms with Gasteiger partial charge in [0.1, 0.15) is 0 Å². The zero-order valence-corrected chi connectivity index (χ0v) is 7.51. The van der Waals surface area contributed by atoms with Crippen LogP contribution in [0, 0.1) is 0 Å². The minimum atomic E-state index is -0.168. The first kappa shape index (κ1) is 11.4. The quantitative estimate of drug-likeness (QED) is 0.419. The molecule has 0 aliphatic carbocycles. The Labute approximate surface area is 72.9 Å². The summed E-state index contributed by atoms with van der Waals surface area (Å²) in [5.41, 5.74) is 0. The van der Waals surface area contributed by atoms with Crippen LogP contribution in [0.3, 0.4) is 0 Å². The maximum absolute atomic E-state index is 10.6. The van der Waals surface area contributed by atoms with E-state index in [0.717, 1.165) is 25.9 Å². The predicted molar refractivity (Wildman–Crippen MR) is 45.8 cm³/mol. The molecule has 0 unspecified atom stereocenters. The summed E-state index contributed by atoms with van der Waals surface area (Å²) in [6.45, 7) is 1.82. The van der Waals surface area contributed by atoms with Gasteiger partial charge in [0, 0.05) is 13.0 Å². The van der Waals surface area contributed by atoms with Crippen LogP contribution in [0.5, 0.6) is 0 Å². The fourth-order valence-corrected chi connectivity index (χ4v) is 0.789. The lowest BCUT2D eigenvalue weighted by Crippen LogP contribution is -2.18. The highest BCUT2D eigenvalue weighted by Crippen LogP contribution is 1.89. The first-order valence-corrected chi connectivity index (χ1v) is 4.19. The molecule has 0 heterocycles. The molecule has 4 heteroatoms. The van der Waals surface area contributed by atoms with Gasteiger partial charge < -0.3 is 15.2 Å². The molecule has 2 N–H and O–H groups in total. The second-order valence-corrected chi connectivity index (χ2v) is 2.51. The van der Waals surface area contributed by atoms with Crippen LogP contribution in [0.1, 0.15) is 19.3 Å². The number of carbonyl (C=O) groups excluding carboxylic acids is 1. The lowest BCUT2D eigenvalue weighted by Gasteiger charge is -2.01. The van der Waals surface area contributed by atoms with Crippen LogP contribution in [0.2, 0.25) is 0 Å². The average Bonchev–Trinajstić information content (AvgIpc) is 2.10. The summed E-state index contributed by atoms with van der Waals surface area (Å²) < 4.78 is 4.47. The third-order valence-electron chi connectivity index (χ3n) is 1.47. The van der Waals surface area contributed by atoms with Crippen molar-refractivity contribution < 1.29 is 14.6 Å². The smallest absolute Gasteiger partial charge is 0.305 e. The Kier molecular flexibility index (Phi) is 8.05. The number of hydrogen-bond donors (Lipinski definition) is 2. The number of rotatable bonds is 7. The Hall–Kier alpha value is -0.610. The number of aliphatic hydroxyl groups excluding tert-OH is 1. The first-order chi connectivity index (χ1) is 5.81. The van der Waals surface area contributed by atoms with E-state index >= 15 is 0 Å². The topological polar surface area (TPSA) is 58.6 Å². The third kappa shape index (κ3) is 7.50. The maximum Gasteiger partial charge on any atom is 0.305 e. The minimum Gasteiger partial charge on any atom is -0.469 e. The van der Waals surface area contributed by atoms with Crippen LogP contribution >= 0.6 is 0 Å². The van der Waals surface area contributed by atoms with Crippen molar-refractivity contribution in [1.29, 1.82) is 0 Å². The van der Waals surface area contributed by atoms with Crippen LogP contribution in [0.4, 0.5) is 0 Å². The molecular weight excluding hydrogens is 158 g/mol. The Morgan fingerprint density at radius 1 is 1.42 bits per heavy atom. The molecule has 0 aromatic heterocycles. The minimum absolute atomic E-state index is 0.168. The number of carbonyl (C=O) groups is 1. The largest absolute Gasteiger partial charge is 0.469 e. The average molecular weight is 175 g/mol. The number of esters is 1. The van der Waals surface area contributed by atoms with E-state index < -0.39 is 0 Å². The summed E-state index contributed by atoms with van der Waals surface area (Å²) in [4.78, 5) is 10.6. The van der Waals surface area contributed by atoms with Crippen LogP contribution in [-0.4, -0.2) is 37.9 Å². The molecule has 0 aliphatic rings. The van der Waals surface area contributed by atoms with Crippen molar-refractivity contribution >= 4 is 5.97 Å². The first-order valence-electron chi connectivity index (χ1n) is 4.19. The molecule has 0 saturated heterocycles. The van der Waals surface area contributed by atoms with Crippen molar-refractivity contribution in [1.82, 2.24) is 5.32 Å². The number of ether oxygens (including phenoxy) is 1. The molecule has 0 rings (SSSR count). The van der Waals surface area contributed by atoms with E-state index in [1.54, 1.807) is 0 Å². The fourth-order valence-electron chi connectivity index (χ4n) is 0.789. The normalized spacial score (nSPS) is 9.83. The van der Waals surface area contributed by atoms with E-state index in [2.05, 4.69) is 10.1 Å². The molecule has 0 bridgehead atoms. The second-order valence-electron chi connectivity index (χ2n) is 2.51. The molecule has 12 heavy (non-hydrogen) atoms. The van der Waals surface area contributed by atoms with Crippen molar-refractivity contribution in [3.63, 3.8) is 0 Å². The van der Waals surface area contributed by atoms with E-state index in [1.807, 2.05) is 0 Å². The van der Waals surface area contributed by atoms with Gasteiger partial charge in [-0.15, -0.1) is 0 Å². The molecular formula is C8H17NO3. The second kappa shape index (κ2) is 8.49. The Balaban J connectivity index is 2.95.